The Balaban J connectivity index is 2.65. The monoisotopic (exact) mass is 279 g/mol. The van der Waals surface area contributed by atoms with Crippen molar-refractivity contribution < 1.29 is 9.53 Å². The second-order valence-electron chi connectivity index (χ2n) is 4.56. The highest BCUT2D eigenvalue weighted by molar-refractivity contribution is 7.71. The first-order valence-corrected chi connectivity index (χ1v) is 6.36. The number of nitrogens with one attached hydrogen (secondary N) is 1. The fourth-order valence-corrected chi connectivity index (χ4v) is 2.52. The Bertz CT molecular complexity index is 672. The molecule has 0 radical (unpaired) electrons. The summed E-state index contributed by atoms with van der Waals surface area (Å²) >= 11 is 5.32. The molecule has 1 aromatic heterocycles. The maximum atomic E-state index is 12.1. The third-order valence-corrected chi connectivity index (χ3v) is 3.42. The summed E-state index contributed by atoms with van der Waals surface area (Å²) in [4.78, 5) is 16.8. The van der Waals surface area contributed by atoms with Gasteiger partial charge in [-0.05, 0) is 31.3 Å². The van der Waals surface area contributed by atoms with Crippen molar-refractivity contribution in [1.29, 1.82) is 0 Å². The summed E-state index contributed by atoms with van der Waals surface area (Å²) in [5.41, 5.74) is 1.68. The third-order valence-electron chi connectivity index (χ3n) is 3.12. The average Bonchev–Trinajstić information content (AvgIpc) is 2.72. The number of rotatable bonds is 3. The van der Waals surface area contributed by atoms with Crippen LogP contribution in [-0.2, 0) is 4.79 Å². The number of methoxy groups -OCH3 is 1. The standard InChI is InChI=1S/C13H17N3O2S/c1-8(12(17)15(2)3)16-9-6-5-7-10(18-4)11(9)14-13(16)19/h5-8H,1-4H3,(H,14,19). The summed E-state index contributed by atoms with van der Waals surface area (Å²) in [6.07, 6.45) is 0. The van der Waals surface area contributed by atoms with Crippen LogP contribution < -0.4 is 4.74 Å². The number of imidazole rings is 1. The van der Waals surface area contributed by atoms with Crippen LogP contribution in [0.15, 0.2) is 18.2 Å². The largest absolute Gasteiger partial charge is 0.494 e. The van der Waals surface area contributed by atoms with Crippen LogP contribution in [0.25, 0.3) is 11.0 Å². The molecule has 0 spiro atoms. The molecule has 0 aliphatic rings. The highest BCUT2D eigenvalue weighted by atomic mass is 32.1. The first-order chi connectivity index (χ1) is 8.97. The van der Waals surface area contributed by atoms with Gasteiger partial charge in [0.2, 0.25) is 5.91 Å². The van der Waals surface area contributed by atoms with Crippen molar-refractivity contribution in [1.82, 2.24) is 14.5 Å². The van der Waals surface area contributed by atoms with Gasteiger partial charge < -0.3 is 19.2 Å². The quantitative estimate of drug-likeness (QED) is 0.877. The molecule has 0 bridgehead atoms. The van der Waals surface area contributed by atoms with Crippen molar-refractivity contribution in [2.75, 3.05) is 21.2 Å². The van der Waals surface area contributed by atoms with Crippen LogP contribution in [0.3, 0.4) is 0 Å². The van der Waals surface area contributed by atoms with E-state index in [2.05, 4.69) is 4.98 Å². The number of nitrogens with zero attached hydrogens (tertiary/aromatic N) is 2. The number of H-pyrrole nitrogens is 1. The molecule has 0 saturated carbocycles. The molecule has 1 atom stereocenters. The average molecular weight is 279 g/mol. The van der Waals surface area contributed by atoms with Gasteiger partial charge in [0.1, 0.15) is 17.3 Å². The molecule has 1 amide bonds. The minimum Gasteiger partial charge on any atom is -0.494 e. The zero-order chi connectivity index (χ0) is 14.2. The molecule has 0 fully saturated rings. The van der Waals surface area contributed by atoms with Gasteiger partial charge in [-0.1, -0.05) is 6.07 Å². The van der Waals surface area contributed by atoms with Gasteiger partial charge in [-0.15, -0.1) is 0 Å². The number of aromatic nitrogens is 2. The highest BCUT2D eigenvalue weighted by Crippen LogP contribution is 2.27. The van der Waals surface area contributed by atoms with Crippen LogP contribution in [0.1, 0.15) is 13.0 Å². The maximum Gasteiger partial charge on any atom is 0.244 e. The number of ether oxygens (including phenoxy) is 1. The Morgan fingerprint density at radius 1 is 1.47 bits per heavy atom. The van der Waals surface area contributed by atoms with Gasteiger partial charge in [0, 0.05) is 14.1 Å². The van der Waals surface area contributed by atoms with Crippen molar-refractivity contribution >= 4 is 29.2 Å². The van der Waals surface area contributed by atoms with Gasteiger partial charge in [-0.25, -0.2) is 0 Å². The molecule has 5 nitrogen and oxygen atoms in total. The van der Waals surface area contributed by atoms with E-state index in [4.69, 9.17) is 17.0 Å². The second kappa shape index (κ2) is 5.05. The van der Waals surface area contributed by atoms with E-state index in [-0.39, 0.29) is 11.9 Å². The lowest BCUT2D eigenvalue weighted by Crippen LogP contribution is -2.29. The zero-order valence-corrected chi connectivity index (χ0v) is 12.2. The van der Waals surface area contributed by atoms with Crippen molar-refractivity contribution in [2.24, 2.45) is 0 Å². The minimum atomic E-state index is -0.358. The zero-order valence-electron chi connectivity index (χ0n) is 11.4. The molecular formula is C13H17N3O2S. The number of benzene rings is 1. The Labute approximate surface area is 116 Å². The van der Waals surface area contributed by atoms with E-state index in [1.54, 1.807) is 26.1 Å². The molecule has 0 aliphatic carbocycles. The smallest absolute Gasteiger partial charge is 0.244 e. The van der Waals surface area contributed by atoms with Crippen molar-refractivity contribution in [2.45, 2.75) is 13.0 Å². The van der Waals surface area contributed by atoms with Crippen LogP contribution in [0, 0.1) is 4.77 Å². The lowest BCUT2D eigenvalue weighted by Gasteiger charge is -2.18. The normalized spacial score (nSPS) is 12.4. The van der Waals surface area contributed by atoms with E-state index < -0.39 is 0 Å². The highest BCUT2D eigenvalue weighted by Gasteiger charge is 2.20. The number of hydrogen-bond acceptors (Lipinski definition) is 3. The van der Waals surface area contributed by atoms with Gasteiger partial charge in [0.25, 0.3) is 0 Å². The number of hydrogen-bond donors (Lipinski definition) is 1. The van der Waals surface area contributed by atoms with Crippen LogP contribution in [0.2, 0.25) is 0 Å². The number of fused-ring (bicyclic) bond motifs is 1. The number of likely N-dealkylation sites (N-methyl/N-ethyl adjacent to an activating group) is 1. The second-order valence-corrected chi connectivity index (χ2v) is 4.95. The Morgan fingerprint density at radius 2 is 2.16 bits per heavy atom. The van der Waals surface area contributed by atoms with Crippen LogP contribution in [0.5, 0.6) is 5.75 Å². The van der Waals surface area contributed by atoms with Crippen molar-refractivity contribution in [3.8, 4) is 5.75 Å². The molecule has 102 valence electrons. The molecule has 0 saturated heterocycles. The fraction of sp³-hybridized carbons (Fsp3) is 0.385. The summed E-state index contributed by atoms with van der Waals surface area (Å²) in [5, 5.41) is 0. The Morgan fingerprint density at radius 3 is 2.74 bits per heavy atom. The minimum absolute atomic E-state index is 0.000167. The van der Waals surface area contributed by atoms with E-state index in [0.29, 0.717) is 10.5 Å². The molecule has 0 aliphatic heterocycles. The first kappa shape index (κ1) is 13.6. The van der Waals surface area contributed by atoms with E-state index in [1.807, 2.05) is 29.7 Å². The number of amides is 1. The predicted octanol–water partition coefficient (Wildman–Crippen LogP) is 2.36. The summed E-state index contributed by atoms with van der Waals surface area (Å²) in [6, 6.07) is 5.30. The molecular weight excluding hydrogens is 262 g/mol. The topological polar surface area (TPSA) is 50.3 Å². The van der Waals surface area contributed by atoms with Crippen LogP contribution >= 0.6 is 12.2 Å². The lowest BCUT2D eigenvalue weighted by atomic mass is 10.2. The van der Waals surface area contributed by atoms with E-state index in [1.165, 1.54) is 0 Å². The lowest BCUT2D eigenvalue weighted by molar-refractivity contribution is -0.131. The number of aromatic amines is 1. The Hall–Kier alpha value is -1.82. The number of carbonyl (C=O) groups excluding carboxylic acids is 1. The van der Waals surface area contributed by atoms with Gasteiger partial charge >= 0.3 is 0 Å². The molecule has 2 aromatic rings. The number of carbonyl (C=O) groups is 1. The van der Waals surface area contributed by atoms with E-state index in [9.17, 15) is 4.79 Å². The molecule has 1 N–H and O–H groups in total. The van der Waals surface area contributed by atoms with Crippen molar-refractivity contribution in [3.05, 3.63) is 23.0 Å². The van der Waals surface area contributed by atoms with Crippen LogP contribution in [-0.4, -0.2) is 41.6 Å². The summed E-state index contributed by atoms with van der Waals surface area (Å²) < 4.78 is 7.63. The summed E-state index contributed by atoms with van der Waals surface area (Å²) in [7, 11) is 5.08. The van der Waals surface area contributed by atoms with Crippen LogP contribution in [0.4, 0.5) is 0 Å². The third kappa shape index (κ3) is 2.23. The predicted molar refractivity (Wildman–Crippen MR) is 77.1 cm³/mol. The molecule has 1 unspecified atom stereocenters. The molecule has 1 aromatic carbocycles. The van der Waals surface area contributed by atoms with Gasteiger partial charge in [0.05, 0.1) is 12.6 Å². The van der Waals surface area contributed by atoms with Gasteiger partial charge in [-0.3, -0.25) is 4.79 Å². The van der Waals surface area contributed by atoms with Gasteiger partial charge in [-0.2, -0.15) is 0 Å². The summed E-state index contributed by atoms with van der Waals surface area (Å²) in [5.74, 6) is 0.715. The van der Waals surface area contributed by atoms with Gasteiger partial charge in [0.15, 0.2) is 4.77 Å². The molecule has 19 heavy (non-hydrogen) atoms. The van der Waals surface area contributed by atoms with E-state index >= 15 is 0 Å². The molecule has 6 heteroatoms. The van der Waals surface area contributed by atoms with E-state index in [0.717, 1.165) is 11.0 Å². The molecule has 1 heterocycles. The SMILES string of the molecule is COc1cccc2c1[nH]c(=S)n2C(C)C(=O)N(C)C. The maximum absolute atomic E-state index is 12.1. The first-order valence-electron chi connectivity index (χ1n) is 5.95. The molecule has 2 rings (SSSR count). The fourth-order valence-electron chi connectivity index (χ4n) is 2.16. The Kier molecular flexibility index (Phi) is 3.61. The van der Waals surface area contributed by atoms with Crippen molar-refractivity contribution in [3.63, 3.8) is 0 Å². The summed E-state index contributed by atoms with van der Waals surface area (Å²) in [6.45, 7) is 1.84. The number of para-hydroxylation sites is 1.